The Morgan fingerprint density at radius 2 is 0.350 bits per heavy atom. The Labute approximate surface area is 291 Å². The first kappa shape index (κ1) is 48.8. The van der Waals surface area contributed by atoms with Gasteiger partial charge in [-0.15, -0.1) is 0 Å². The summed E-state index contributed by atoms with van der Waals surface area (Å²) in [6.07, 6.45) is 42.5. The average Bonchev–Trinajstić information content (AvgIpc) is 2.95. The minimum absolute atomic E-state index is 0. The molecule has 4 heteroatoms. The maximum absolute atomic E-state index is 4.20. The van der Waals surface area contributed by atoms with E-state index in [9.17, 15) is 0 Å². The molecule has 0 N–H and O–H groups in total. The van der Waals surface area contributed by atoms with Gasteiger partial charge in [-0.05, 0) is 36.5 Å². The third kappa shape index (κ3) is 59.3. The van der Waals surface area contributed by atoms with Gasteiger partial charge in [0.1, 0.15) is 0 Å². The summed E-state index contributed by atoms with van der Waals surface area (Å²) in [5.41, 5.74) is 0. The molecule has 0 saturated heterocycles. The smallest absolute Gasteiger partial charge is 0 e. The normalized spacial score (nSPS) is 10.3. The first-order valence-electron chi connectivity index (χ1n) is 18.1. The summed E-state index contributed by atoms with van der Waals surface area (Å²) in [6, 6.07) is 0. The Morgan fingerprint density at radius 3 is 0.475 bits per heavy atom. The van der Waals surface area contributed by atoms with Gasteiger partial charge in [0.25, 0.3) is 0 Å². The maximum atomic E-state index is 4.20. The van der Waals surface area contributed by atoms with Crippen LogP contribution in [0.2, 0.25) is 0 Å². The minimum atomic E-state index is 0. The van der Waals surface area contributed by atoms with Crippen molar-refractivity contribution >= 4 is 62.3 Å². The van der Waals surface area contributed by atoms with Crippen LogP contribution in [-0.4, -0.2) is 41.7 Å². The molecule has 0 aliphatic rings. The second-order valence-corrected chi connectivity index (χ2v) is 13.1. The zero-order valence-corrected chi connectivity index (χ0v) is 33.4. The summed E-state index contributed by atoms with van der Waals surface area (Å²) in [4.78, 5) is 0. The van der Waals surface area contributed by atoms with Crippen LogP contribution in [0.15, 0.2) is 0 Å². The van der Waals surface area contributed by atoms with Crippen LogP contribution in [0.1, 0.15) is 213 Å². The van der Waals surface area contributed by atoms with Crippen molar-refractivity contribution in [3.05, 3.63) is 0 Å². The Balaban J connectivity index is -0.000000240. The van der Waals surface area contributed by atoms with E-state index in [4.69, 9.17) is 0 Å². The van der Waals surface area contributed by atoms with Crippen molar-refractivity contribution < 1.29 is 0 Å². The second kappa shape index (κ2) is 53.4. The molecule has 0 bridgehead atoms. The molecule has 0 unspecified atom stereocenters. The molecular formula is C36H78S3Sb. The van der Waals surface area contributed by atoms with E-state index in [1.807, 2.05) is 0 Å². The van der Waals surface area contributed by atoms with Crippen LogP contribution in [0.3, 0.4) is 0 Å². The van der Waals surface area contributed by atoms with Crippen molar-refractivity contribution in [2.24, 2.45) is 0 Å². The van der Waals surface area contributed by atoms with Crippen molar-refractivity contribution in [3.8, 4) is 0 Å². The predicted octanol–water partition coefficient (Wildman–Crippen LogP) is 14.1. The van der Waals surface area contributed by atoms with E-state index in [0.717, 1.165) is 17.3 Å². The summed E-state index contributed by atoms with van der Waals surface area (Å²) < 4.78 is 0. The fraction of sp³-hybridized carbons (Fsp3) is 1.00. The molecule has 0 fully saturated rings. The Morgan fingerprint density at radius 1 is 0.225 bits per heavy atom. The molecule has 0 aromatic rings. The van der Waals surface area contributed by atoms with Gasteiger partial charge in [-0.25, -0.2) is 0 Å². The molecule has 0 aliphatic heterocycles. The maximum Gasteiger partial charge on any atom is 0 e. The molecule has 0 saturated carbocycles. The van der Waals surface area contributed by atoms with Crippen LogP contribution in [0.25, 0.3) is 0 Å². The third-order valence-corrected chi connectivity index (χ3v) is 8.48. The summed E-state index contributed by atoms with van der Waals surface area (Å²) in [5.74, 6) is 3.20. The molecule has 40 heavy (non-hydrogen) atoms. The summed E-state index contributed by atoms with van der Waals surface area (Å²) in [7, 11) is 0. The molecule has 0 atom stereocenters. The Kier molecular flexibility index (Phi) is 65.1. The topological polar surface area (TPSA) is 0 Å². The molecule has 0 amide bonds. The van der Waals surface area contributed by atoms with Crippen LogP contribution >= 0.6 is 37.9 Å². The predicted molar refractivity (Wildman–Crippen MR) is 203 cm³/mol. The minimum Gasteiger partial charge on any atom is -0.179 e. The molecule has 0 heterocycles. The Hall–Kier alpha value is 1.87. The van der Waals surface area contributed by atoms with E-state index >= 15 is 0 Å². The second-order valence-electron chi connectivity index (χ2n) is 11.7. The fourth-order valence-corrected chi connectivity index (χ4v) is 5.47. The standard InChI is InChI=1S/3C12H26S.Sb/c3*1-2-3-4-5-6-7-8-9-10-11-12-13;/h3*13H,2-12H2,1H3;. The molecule has 3 radical (unpaired) electrons. The van der Waals surface area contributed by atoms with E-state index < -0.39 is 0 Å². The van der Waals surface area contributed by atoms with Gasteiger partial charge in [-0.1, -0.05) is 194 Å². The summed E-state index contributed by atoms with van der Waals surface area (Å²) in [5, 5.41) is 0. The third-order valence-electron chi connectivity index (χ3n) is 7.54. The molecule has 245 valence electrons. The van der Waals surface area contributed by atoms with E-state index in [2.05, 4.69) is 58.7 Å². The van der Waals surface area contributed by atoms with Crippen molar-refractivity contribution in [2.45, 2.75) is 213 Å². The first-order chi connectivity index (χ1) is 19.2. The molecule has 0 nitrogen and oxygen atoms in total. The zero-order chi connectivity index (χ0) is 29.3. The van der Waals surface area contributed by atoms with Crippen LogP contribution in [0, 0.1) is 0 Å². The largest absolute Gasteiger partial charge is 0.179 e. The van der Waals surface area contributed by atoms with Crippen LogP contribution in [0.5, 0.6) is 0 Å². The number of thiol groups is 3. The molecule has 0 aliphatic carbocycles. The van der Waals surface area contributed by atoms with E-state index in [1.165, 1.54) is 193 Å². The fourth-order valence-electron chi connectivity index (χ4n) is 4.80. The molecule has 0 aromatic heterocycles. The number of rotatable bonds is 30. The van der Waals surface area contributed by atoms with Gasteiger partial charge >= 0.3 is 0 Å². The van der Waals surface area contributed by atoms with Crippen LogP contribution in [-0.2, 0) is 0 Å². The van der Waals surface area contributed by atoms with Crippen molar-refractivity contribution in [1.82, 2.24) is 0 Å². The van der Waals surface area contributed by atoms with Crippen LogP contribution < -0.4 is 0 Å². The van der Waals surface area contributed by atoms with Gasteiger partial charge in [0.05, 0.1) is 0 Å². The molecular weight excluding hydrogens is 650 g/mol. The molecule has 0 aromatic carbocycles. The van der Waals surface area contributed by atoms with E-state index in [0.29, 0.717) is 0 Å². The van der Waals surface area contributed by atoms with Gasteiger partial charge in [0, 0.05) is 24.4 Å². The summed E-state index contributed by atoms with van der Waals surface area (Å²) in [6.45, 7) is 6.83. The first-order valence-corrected chi connectivity index (χ1v) is 20.0. The van der Waals surface area contributed by atoms with Gasteiger partial charge in [-0.2, -0.15) is 37.9 Å². The SMILES string of the molecule is CCCCCCCCCCCCS.CCCCCCCCCCCCS.CCCCCCCCCCCCS.[Sb]. The molecule has 0 spiro atoms. The van der Waals surface area contributed by atoms with E-state index in [-0.39, 0.29) is 24.4 Å². The monoisotopic (exact) mass is 727 g/mol. The van der Waals surface area contributed by atoms with Crippen molar-refractivity contribution in [3.63, 3.8) is 0 Å². The van der Waals surface area contributed by atoms with Crippen LogP contribution in [0.4, 0.5) is 0 Å². The van der Waals surface area contributed by atoms with Gasteiger partial charge in [0.2, 0.25) is 0 Å². The Bertz CT molecular complexity index is 273. The van der Waals surface area contributed by atoms with Gasteiger partial charge in [-0.3, -0.25) is 0 Å². The van der Waals surface area contributed by atoms with Crippen molar-refractivity contribution in [2.75, 3.05) is 17.3 Å². The van der Waals surface area contributed by atoms with Crippen molar-refractivity contribution in [1.29, 1.82) is 0 Å². The van der Waals surface area contributed by atoms with E-state index in [1.54, 1.807) is 0 Å². The summed E-state index contributed by atoms with van der Waals surface area (Å²) >= 11 is 12.6. The quantitative estimate of drug-likeness (QED) is 0.0366. The van der Waals surface area contributed by atoms with Gasteiger partial charge in [0.15, 0.2) is 0 Å². The number of unbranched alkanes of at least 4 members (excludes halogenated alkanes) is 27. The molecule has 0 rings (SSSR count). The average molecular weight is 729 g/mol. The van der Waals surface area contributed by atoms with Gasteiger partial charge < -0.3 is 0 Å². The number of hydrogen-bond acceptors (Lipinski definition) is 3. The number of hydrogen-bond donors (Lipinski definition) is 3. The zero-order valence-electron chi connectivity index (χ0n) is 28.1.